The smallest absolute Gasteiger partial charge is 0.0708 e. The van der Waals surface area contributed by atoms with Gasteiger partial charge in [0.15, 0.2) is 0 Å². The van der Waals surface area contributed by atoms with Gasteiger partial charge in [-0.05, 0) is 37.6 Å². The molecule has 0 radical (unpaired) electrons. The lowest BCUT2D eigenvalue weighted by Gasteiger charge is -2.19. The predicted molar refractivity (Wildman–Crippen MR) is 77.7 cm³/mol. The molecule has 0 bridgehead atoms. The van der Waals surface area contributed by atoms with Crippen molar-refractivity contribution in [2.75, 3.05) is 6.54 Å². The zero-order valence-corrected chi connectivity index (χ0v) is 11.1. The lowest BCUT2D eigenvalue weighted by molar-refractivity contribution is 0.562. The van der Waals surface area contributed by atoms with Gasteiger partial charge in [-0.2, -0.15) is 0 Å². The number of para-hydroxylation sites is 1. The van der Waals surface area contributed by atoms with Gasteiger partial charge in [0.05, 0.1) is 5.52 Å². The summed E-state index contributed by atoms with van der Waals surface area (Å²) in [6.07, 6.45) is 2.90. The van der Waals surface area contributed by atoms with Gasteiger partial charge >= 0.3 is 0 Å². The number of nitrogens with zero attached hydrogens (tertiary/aromatic N) is 1. The van der Waals surface area contributed by atoms with E-state index in [9.17, 15) is 0 Å². The predicted octanol–water partition coefficient (Wildman–Crippen LogP) is 3.77. The summed E-state index contributed by atoms with van der Waals surface area (Å²) in [5, 5.41) is 4.75. The van der Waals surface area contributed by atoms with Crippen LogP contribution < -0.4 is 5.32 Å². The molecular weight excluding hydrogens is 220 g/mol. The third-order valence-electron chi connectivity index (χ3n) is 3.10. The summed E-state index contributed by atoms with van der Waals surface area (Å²) in [7, 11) is 0. The quantitative estimate of drug-likeness (QED) is 0.805. The maximum absolute atomic E-state index is 4.59. The van der Waals surface area contributed by atoms with Crippen LogP contribution in [-0.2, 0) is 0 Å². The summed E-state index contributed by atoms with van der Waals surface area (Å²) in [4.78, 5) is 4.59. The molecule has 0 amide bonds. The second-order valence-electron chi connectivity index (χ2n) is 4.50. The van der Waals surface area contributed by atoms with Gasteiger partial charge in [-0.1, -0.05) is 31.2 Å². The summed E-state index contributed by atoms with van der Waals surface area (Å²) in [5.74, 6) is 0. The number of aryl methyl sites for hydroxylation is 1. The fourth-order valence-corrected chi connectivity index (χ4v) is 2.36. The molecule has 0 aliphatic heterocycles. The molecule has 2 nitrogen and oxygen atoms in total. The molecule has 0 spiro atoms. The van der Waals surface area contributed by atoms with E-state index in [4.69, 9.17) is 0 Å². The highest BCUT2D eigenvalue weighted by Crippen LogP contribution is 2.26. The van der Waals surface area contributed by atoms with Crippen LogP contribution in [0.1, 0.15) is 30.6 Å². The number of hydrogen-bond donors (Lipinski definition) is 1. The molecule has 0 aliphatic carbocycles. The highest BCUT2D eigenvalue weighted by Gasteiger charge is 2.13. The van der Waals surface area contributed by atoms with Gasteiger partial charge in [-0.15, -0.1) is 6.58 Å². The van der Waals surface area contributed by atoms with Gasteiger partial charge < -0.3 is 5.32 Å². The molecule has 2 rings (SSSR count). The Balaban J connectivity index is 2.56. The molecule has 2 aromatic rings. The van der Waals surface area contributed by atoms with Gasteiger partial charge in [0.1, 0.15) is 0 Å². The van der Waals surface area contributed by atoms with Crippen LogP contribution in [0.3, 0.4) is 0 Å². The standard InChI is InChI=1S/C16H20N2/c1-4-8-15(17-5-2)14-11-12(3)18-16-10-7-6-9-13(14)16/h4,6-7,9-11,15,17H,1,5,8H2,2-3H3. The first kappa shape index (κ1) is 12.8. The third kappa shape index (κ3) is 2.59. The zero-order chi connectivity index (χ0) is 13.0. The van der Waals surface area contributed by atoms with Crippen molar-refractivity contribution in [1.29, 1.82) is 0 Å². The monoisotopic (exact) mass is 240 g/mol. The minimum atomic E-state index is 0.319. The number of benzene rings is 1. The number of pyridine rings is 1. The van der Waals surface area contributed by atoms with E-state index in [0.29, 0.717) is 6.04 Å². The van der Waals surface area contributed by atoms with Crippen molar-refractivity contribution in [2.45, 2.75) is 26.3 Å². The first-order valence-corrected chi connectivity index (χ1v) is 6.46. The first-order chi connectivity index (χ1) is 8.76. The second kappa shape index (κ2) is 5.78. The van der Waals surface area contributed by atoms with Gasteiger partial charge in [0, 0.05) is 17.1 Å². The Morgan fingerprint density at radius 3 is 2.89 bits per heavy atom. The van der Waals surface area contributed by atoms with Gasteiger partial charge in [-0.3, -0.25) is 4.98 Å². The topological polar surface area (TPSA) is 24.9 Å². The average Bonchev–Trinajstić information content (AvgIpc) is 2.37. The minimum Gasteiger partial charge on any atom is -0.310 e. The lowest BCUT2D eigenvalue weighted by atomic mass is 9.98. The van der Waals surface area contributed by atoms with Crippen LogP contribution >= 0.6 is 0 Å². The zero-order valence-electron chi connectivity index (χ0n) is 11.1. The molecule has 0 fully saturated rings. The van der Waals surface area contributed by atoms with Crippen LogP contribution in [0, 0.1) is 6.92 Å². The minimum absolute atomic E-state index is 0.319. The Morgan fingerprint density at radius 1 is 1.39 bits per heavy atom. The van der Waals surface area contributed by atoms with Gasteiger partial charge in [0.25, 0.3) is 0 Å². The lowest BCUT2D eigenvalue weighted by Crippen LogP contribution is -2.20. The summed E-state index contributed by atoms with van der Waals surface area (Å²) < 4.78 is 0. The van der Waals surface area contributed by atoms with E-state index < -0.39 is 0 Å². The van der Waals surface area contributed by atoms with E-state index in [1.54, 1.807) is 0 Å². The maximum Gasteiger partial charge on any atom is 0.0708 e. The molecule has 18 heavy (non-hydrogen) atoms. The fraction of sp³-hybridized carbons (Fsp3) is 0.312. The number of rotatable bonds is 5. The summed E-state index contributed by atoms with van der Waals surface area (Å²) in [5.41, 5.74) is 3.45. The highest BCUT2D eigenvalue weighted by molar-refractivity contribution is 5.82. The molecule has 1 aromatic heterocycles. The first-order valence-electron chi connectivity index (χ1n) is 6.46. The normalized spacial score (nSPS) is 12.6. The van der Waals surface area contributed by atoms with E-state index in [-0.39, 0.29) is 0 Å². The van der Waals surface area contributed by atoms with E-state index in [1.807, 2.05) is 19.1 Å². The van der Waals surface area contributed by atoms with Crippen LogP contribution in [0.2, 0.25) is 0 Å². The Hall–Kier alpha value is -1.67. The van der Waals surface area contributed by atoms with E-state index in [0.717, 1.165) is 24.2 Å². The van der Waals surface area contributed by atoms with Gasteiger partial charge in [0.2, 0.25) is 0 Å². The fourth-order valence-electron chi connectivity index (χ4n) is 2.36. The third-order valence-corrected chi connectivity index (χ3v) is 3.10. The van der Waals surface area contributed by atoms with Crippen molar-refractivity contribution < 1.29 is 0 Å². The molecule has 1 atom stereocenters. The van der Waals surface area contributed by atoms with Crippen molar-refractivity contribution in [3.05, 3.63) is 54.2 Å². The van der Waals surface area contributed by atoms with Crippen molar-refractivity contribution in [2.24, 2.45) is 0 Å². The van der Waals surface area contributed by atoms with Crippen LogP contribution in [0.4, 0.5) is 0 Å². The van der Waals surface area contributed by atoms with Crippen molar-refractivity contribution in [3.8, 4) is 0 Å². The van der Waals surface area contributed by atoms with Crippen molar-refractivity contribution in [1.82, 2.24) is 10.3 Å². The number of hydrogen-bond acceptors (Lipinski definition) is 2. The number of aromatic nitrogens is 1. The van der Waals surface area contributed by atoms with Crippen LogP contribution in [0.5, 0.6) is 0 Å². The molecule has 1 heterocycles. The molecule has 94 valence electrons. The van der Waals surface area contributed by atoms with E-state index >= 15 is 0 Å². The summed E-state index contributed by atoms with van der Waals surface area (Å²) in [6.45, 7) is 8.99. The molecule has 1 N–H and O–H groups in total. The van der Waals surface area contributed by atoms with Crippen LogP contribution in [0.15, 0.2) is 43.0 Å². The molecule has 0 saturated heterocycles. The Labute approximate surface area is 109 Å². The SMILES string of the molecule is C=CCC(NCC)c1cc(C)nc2ccccc12. The van der Waals surface area contributed by atoms with Gasteiger partial charge in [-0.25, -0.2) is 0 Å². The van der Waals surface area contributed by atoms with Crippen molar-refractivity contribution >= 4 is 10.9 Å². The maximum atomic E-state index is 4.59. The number of fused-ring (bicyclic) bond motifs is 1. The molecular formula is C16H20N2. The summed E-state index contributed by atoms with van der Waals surface area (Å²) in [6, 6.07) is 10.8. The molecule has 0 saturated carbocycles. The molecule has 0 aliphatic rings. The highest BCUT2D eigenvalue weighted by atomic mass is 14.9. The van der Waals surface area contributed by atoms with Crippen molar-refractivity contribution in [3.63, 3.8) is 0 Å². The Kier molecular flexibility index (Phi) is 4.11. The summed E-state index contributed by atoms with van der Waals surface area (Å²) >= 11 is 0. The molecule has 2 heteroatoms. The average molecular weight is 240 g/mol. The molecule has 1 aromatic carbocycles. The Bertz CT molecular complexity index is 546. The number of nitrogens with one attached hydrogen (secondary N) is 1. The van der Waals surface area contributed by atoms with E-state index in [2.05, 4.69) is 48.1 Å². The largest absolute Gasteiger partial charge is 0.310 e. The Morgan fingerprint density at radius 2 is 2.17 bits per heavy atom. The van der Waals surface area contributed by atoms with E-state index in [1.165, 1.54) is 10.9 Å². The van der Waals surface area contributed by atoms with Crippen LogP contribution in [-0.4, -0.2) is 11.5 Å². The second-order valence-corrected chi connectivity index (χ2v) is 4.50. The molecule has 1 unspecified atom stereocenters. The van der Waals surface area contributed by atoms with Crippen LogP contribution in [0.25, 0.3) is 10.9 Å².